The summed E-state index contributed by atoms with van der Waals surface area (Å²) >= 11 is 0. The van der Waals surface area contributed by atoms with Gasteiger partial charge in [-0.05, 0) is 39.3 Å². The molecule has 0 radical (unpaired) electrons. The molecule has 0 spiro atoms. The summed E-state index contributed by atoms with van der Waals surface area (Å²) in [5, 5.41) is 3.14. The van der Waals surface area contributed by atoms with Crippen LogP contribution >= 0.6 is 0 Å². The number of ether oxygens (including phenoxy) is 1. The Bertz CT molecular complexity index is 542. The lowest BCUT2D eigenvalue weighted by atomic mass is 10.1. The van der Waals surface area contributed by atoms with Gasteiger partial charge in [-0.1, -0.05) is 19.1 Å². The van der Waals surface area contributed by atoms with E-state index in [1.165, 1.54) is 0 Å². The van der Waals surface area contributed by atoms with Crippen molar-refractivity contribution in [2.24, 2.45) is 0 Å². The zero-order chi connectivity index (χ0) is 15.9. The number of rotatable bonds is 9. The second-order valence-electron chi connectivity index (χ2n) is 5.44. The third-order valence-corrected chi connectivity index (χ3v) is 4.42. The number of para-hydroxylation sites is 1. The molecular formula is C15H26N2O3S. The van der Waals surface area contributed by atoms with Crippen molar-refractivity contribution in [3.8, 4) is 0 Å². The first-order valence-corrected chi connectivity index (χ1v) is 8.77. The van der Waals surface area contributed by atoms with E-state index in [1.54, 1.807) is 18.2 Å². The first kappa shape index (κ1) is 17.9. The van der Waals surface area contributed by atoms with Crippen molar-refractivity contribution in [1.29, 1.82) is 0 Å². The van der Waals surface area contributed by atoms with E-state index in [1.807, 2.05) is 33.8 Å². The van der Waals surface area contributed by atoms with Crippen molar-refractivity contribution in [1.82, 2.24) is 4.72 Å². The van der Waals surface area contributed by atoms with Crippen LogP contribution in [0.1, 0.15) is 34.1 Å². The molecule has 1 aromatic rings. The lowest BCUT2D eigenvalue weighted by Crippen LogP contribution is -2.40. The number of benzene rings is 1. The first-order chi connectivity index (χ1) is 9.82. The van der Waals surface area contributed by atoms with Crippen molar-refractivity contribution in [3.05, 3.63) is 24.3 Å². The van der Waals surface area contributed by atoms with Crippen LogP contribution in [0.25, 0.3) is 0 Å². The zero-order valence-electron chi connectivity index (χ0n) is 13.3. The summed E-state index contributed by atoms with van der Waals surface area (Å²) in [5.41, 5.74) is 0.0919. The van der Waals surface area contributed by atoms with E-state index in [0.29, 0.717) is 12.3 Å². The average Bonchev–Trinajstić information content (AvgIpc) is 2.43. The molecule has 0 saturated carbocycles. The van der Waals surface area contributed by atoms with Gasteiger partial charge in [0.15, 0.2) is 0 Å². The molecule has 0 heterocycles. The van der Waals surface area contributed by atoms with Crippen molar-refractivity contribution in [2.75, 3.05) is 25.0 Å². The van der Waals surface area contributed by atoms with Crippen LogP contribution in [0.5, 0.6) is 0 Å². The molecule has 1 aromatic carbocycles. The Morgan fingerprint density at radius 1 is 1.19 bits per heavy atom. The predicted octanol–water partition coefficient (Wildman–Crippen LogP) is 2.60. The molecule has 6 heteroatoms. The molecule has 0 saturated heterocycles. The van der Waals surface area contributed by atoms with E-state index in [4.69, 9.17) is 4.74 Å². The largest absolute Gasteiger partial charge is 0.384 e. The molecule has 0 amide bonds. The quantitative estimate of drug-likeness (QED) is 0.735. The fraction of sp³-hybridized carbons (Fsp3) is 0.600. The topological polar surface area (TPSA) is 67.4 Å². The van der Waals surface area contributed by atoms with Crippen LogP contribution in [0.15, 0.2) is 29.2 Å². The maximum atomic E-state index is 12.5. The molecule has 2 N–H and O–H groups in total. The second-order valence-corrected chi connectivity index (χ2v) is 7.18. The highest BCUT2D eigenvalue weighted by Crippen LogP contribution is 2.21. The van der Waals surface area contributed by atoms with Crippen LogP contribution in [0.2, 0.25) is 0 Å². The molecule has 0 fully saturated rings. The van der Waals surface area contributed by atoms with Gasteiger partial charge in [-0.2, -0.15) is 0 Å². The van der Waals surface area contributed by atoms with E-state index in [2.05, 4.69) is 10.0 Å². The van der Waals surface area contributed by atoms with Crippen LogP contribution < -0.4 is 10.0 Å². The Labute approximate surface area is 128 Å². The molecule has 21 heavy (non-hydrogen) atoms. The van der Waals surface area contributed by atoms with Gasteiger partial charge in [0.1, 0.15) is 4.90 Å². The van der Waals surface area contributed by atoms with Gasteiger partial charge in [0, 0.05) is 19.7 Å². The lowest BCUT2D eigenvalue weighted by Gasteiger charge is -2.25. The van der Waals surface area contributed by atoms with Crippen molar-refractivity contribution < 1.29 is 13.2 Å². The van der Waals surface area contributed by atoms with Gasteiger partial charge < -0.3 is 10.1 Å². The fourth-order valence-corrected chi connectivity index (χ4v) is 3.28. The van der Waals surface area contributed by atoms with Gasteiger partial charge >= 0.3 is 0 Å². The van der Waals surface area contributed by atoms with E-state index in [0.717, 1.165) is 13.0 Å². The van der Waals surface area contributed by atoms with Crippen LogP contribution in [0.4, 0.5) is 5.69 Å². The van der Waals surface area contributed by atoms with Gasteiger partial charge in [-0.25, -0.2) is 13.1 Å². The van der Waals surface area contributed by atoms with Crippen LogP contribution in [-0.4, -0.2) is 33.7 Å². The molecule has 0 aliphatic carbocycles. The van der Waals surface area contributed by atoms with E-state index in [-0.39, 0.29) is 11.4 Å². The SMILES string of the molecule is CCCNc1ccccc1S(=O)(=O)NCC(C)(C)OCC. The standard InChI is InChI=1S/C15H26N2O3S/c1-5-11-16-13-9-7-8-10-14(13)21(18,19)17-12-15(3,4)20-6-2/h7-10,16-17H,5-6,11-12H2,1-4H3. The number of nitrogens with one attached hydrogen (secondary N) is 2. The van der Waals surface area contributed by atoms with Crippen molar-refractivity contribution >= 4 is 15.7 Å². The highest BCUT2D eigenvalue weighted by molar-refractivity contribution is 7.89. The Morgan fingerprint density at radius 3 is 2.48 bits per heavy atom. The van der Waals surface area contributed by atoms with Gasteiger partial charge in [-0.15, -0.1) is 0 Å². The van der Waals surface area contributed by atoms with Gasteiger partial charge in [0.2, 0.25) is 10.0 Å². The molecule has 1 rings (SSSR count). The van der Waals surface area contributed by atoms with Crippen LogP contribution in [-0.2, 0) is 14.8 Å². The normalized spacial score (nSPS) is 12.4. The first-order valence-electron chi connectivity index (χ1n) is 7.29. The van der Waals surface area contributed by atoms with Crippen molar-refractivity contribution in [3.63, 3.8) is 0 Å². The summed E-state index contributed by atoms with van der Waals surface area (Å²) in [7, 11) is -3.57. The average molecular weight is 314 g/mol. The third kappa shape index (κ3) is 5.65. The van der Waals surface area contributed by atoms with E-state index < -0.39 is 15.6 Å². The highest BCUT2D eigenvalue weighted by Gasteiger charge is 2.24. The lowest BCUT2D eigenvalue weighted by molar-refractivity contribution is -0.00514. The number of hydrogen-bond donors (Lipinski definition) is 2. The minimum absolute atomic E-state index is 0.227. The Hall–Kier alpha value is -1.11. The summed E-state index contributed by atoms with van der Waals surface area (Å²) in [6, 6.07) is 6.92. The molecule has 120 valence electrons. The molecule has 0 bridgehead atoms. The molecule has 0 aromatic heterocycles. The Balaban J connectivity index is 2.88. The van der Waals surface area contributed by atoms with Crippen LogP contribution in [0, 0.1) is 0 Å². The smallest absolute Gasteiger partial charge is 0.242 e. The van der Waals surface area contributed by atoms with Crippen LogP contribution in [0.3, 0.4) is 0 Å². The summed E-state index contributed by atoms with van der Waals surface area (Å²) in [6.45, 7) is 9.15. The molecule has 0 aliphatic rings. The minimum atomic E-state index is -3.57. The van der Waals surface area contributed by atoms with E-state index >= 15 is 0 Å². The van der Waals surface area contributed by atoms with E-state index in [9.17, 15) is 8.42 Å². The third-order valence-electron chi connectivity index (χ3n) is 2.97. The summed E-state index contributed by atoms with van der Waals surface area (Å²) in [6.07, 6.45) is 0.930. The summed E-state index contributed by atoms with van der Waals surface area (Å²) in [4.78, 5) is 0.269. The fourth-order valence-electron chi connectivity index (χ4n) is 1.90. The molecule has 0 atom stereocenters. The monoisotopic (exact) mass is 314 g/mol. The molecule has 0 aliphatic heterocycles. The number of hydrogen-bond acceptors (Lipinski definition) is 4. The van der Waals surface area contributed by atoms with Gasteiger partial charge in [0.05, 0.1) is 11.3 Å². The number of anilines is 1. The highest BCUT2D eigenvalue weighted by atomic mass is 32.2. The van der Waals surface area contributed by atoms with Gasteiger partial charge in [-0.3, -0.25) is 0 Å². The Morgan fingerprint density at radius 2 is 1.86 bits per heavy atom. The summed E-state index contributed by atoms with van der Waals surface area (Å²) < 4.78 is 33.1. The maximum Gasteiger partial charge on any atom is 0.242 e. The zero-order valence-corrected chi connectivity index (χ0v) is 14.1. The van der Waals surface area contributed by atoms with Crippen molar-refractivity contribution in [2.45, 2.75) is 44.6 Å². The van der Waals surface area contributed by atoms with Gasteiger partial charge in [0.25, 0.3) is 0 Å². The second kappa shape index (κ2) is 7.77. The molecule has 0 unspecified atom stereocenters. The maximum absolute atomic E-state index is 12.5. The predicted molar refractivity (Wildman–Crippen MR) is 86.1 cm³/mol. The Kier molecular flexibility index (Phi) is 6.64. The minimum Gasteiger partial charge on any atom is -0.384 e. The molecular weight excluding hydrogens is 288 g/mol. The molecule has 5 nitrogen and oxygen atoms in total. The number of sulfonamides is 1. The summed E-state index contributed by atoms with van der Waals surface area (Å²) in [5.74, 6) is 0.